The Morgan fingerprint density at radius 2 is 1.76 bits per heavy atom. The van der Waals surface area contributed by atoms with Gasteiger partial charge in [0, 0.05) is 21.7 Å². The van der Waals surface area contributed by atoms with Crippen LogP contribution >= 0.6 is 11.3 Å². The lowest BCUT2D eigenvalue weighted by atomic mass is 10.1. The molecule has 4 aromatic rings. The van der Waals surface area contributed by atoms with Crippen LogP contribution in [0, 0.1) is 0 Å². The molecule has 34 heavy (non-hydrogen) atoms. The van der Waals surface area contributed by atoms with Gasteiger partial charge in [0.05, 0.1) is 22.4 Å². The van der Waals surface area contributed by atoms with E-state index in [0.717, 1.165) is 28.1 Å². The molecule has 2 N–H and O–H groups in total. The Labute approximate surface area is 195 Å². The zero-order chi connectivity index (χ0) is 23.9. The maximum atomic E-state index is 13.7. The van der Waals surface area contributed by atoms with E-state index in [1.54, 1.807) is 6.07 Å². The first-order valence-corrected chi connectivity index (χ1v) is 10.8. The van der Waals surface area contributed by atoms with Gasteiger partial charge in [-0.15, -0.1) is 11.3 Å². The number of amides is 2. The van der Waals surface area contributed by atoms with E-state index in [1.807, 2.05) is 24.3 Å². The van der Waals surface area contributed by atoms with Gasteiger partial charge in [0.15, 0.2) is 5.76 Å². The molecule has 0 saturated carbocycles. The molecule has 0 aliphatic carbocycles. The number of ether oxygens (including phenoxy) is 1. The predicted octanol–water partition coefficient (Wildman–Crippen LogP) is 6.42. The fourth-order valence-corrected chi connectivity index (χ4v) is 4.65. The van der Waals surface area contributed by atoms with Crippen LogP contribution in [0.1, 0.15) is 31.4 Å². The van der Waals surface area contributed by atoms with Gasteiger partial charge in [-0.3, -0.25) is 9.59 Å². The first-order chi connectivity index (χ1) is 16.3. The summed E-state index contributed by atoms with van der Waals surface area (Å²) in [6.07, 6.45) is -3.49. The molecular formula is C24H15F3N2O4S. The lowest BCUT2D eigenvalue weighted by Gasteiger charge is -2.16. The minimum atomic E-state index is -4.77. The third-order valence-corrected chi connectivity index (χ3v) is 6.33. The van der Waals surface area contributed by atoms with Crippen molar-refractivity contribution in [1.82, 2.24) is 0 Å². The SMILES string of the molecule is O=C(Nc1ccc(NC(=O)c2cc3c(s2)-c2ccccc2OC3)c(C(F)(F)F)c1)c1ccco1. The summed E-state index contributed by atoms with van der Waals surface area (Å²) < 4.78 is 51.9. The van der Waals surface area contributed by atoms with Crippen LogP contribution in [0.2, 0.25) is 0 Å². The largest absolute Gasteiger partial charge is 0.488 e. The molecule has 0 saturated heterocycles. The molecule has 1 aliphatic heterocycles. The van der Waals surface area contributed by atoms with Crippen LogP contribution in [0.4, 0.5) is 24.5 Å². The van der Waals surface area contributed by atoms with Gasteiger partial charge < -0.3 is 19.8 Å². The van der Waals surface area contributed by atoms with E-state index in [0.29, 0.717) is 5.75 Å². The Bertz CT molecular complexity index is 1390. The lowest BCUT2D eigenvalue weighted by molar-refractivity contribution is -0.136. The molecule has 5 rings (SSSR count). The number of alkyl halides is 3. The van der Waals surface area contributed by atoms with Crippen LogP contribution < -0.4 is 15.4 Å². The highest BCUT2D eigenvalue weighted by Crippen LogP contribution is 2.43. The van der Waals surface area contributed by atoms with Gasteiger partial charge in [0.2, 0.25) is 0 Å². The van der Waals surface area contributed by atoms with E-state index in [-0.39, 0.29) is 22.9 Å². The Morgan fingerprint density at radius 1 is 0.941 bits per heavy atom. The highest BCUT2D eigenvalue weighted by molar-refractivity contribution is 7.17. The van der Waals surface area contributed by atoms with Crippen molar-refractivity contribution in [2.24, 2.45) is 0 Å². The maximum Gasteiger partial charge on any atom is 0.418 e. The monoisotopic (exact) mass is 484 g/mol. The minimum absolute atomic E-state index is 0.0434. The van der Waals surface area contributed by atoms with Crippen molar-refractivity contribution in [3.63, 3.8) is 0 Å². The number of nitrogens with one attached hydrogen (secondary N) is 2. The van der Waals surface area contributed by atoms with Crippen LogP contribution in [0.25, 0.3) is 10.4 Å². The van der Waals surface area contributed by atoms with E-state index in [4.69, 9.17) is 9.15 Å². The number of thiophene rings is 1. The fourth-order valence-electron chi connectivity index (χ4n) is 3.56. The Kier molecular flexibility index (Phi) is 5.37. The number of hydrogen-bond donors (Lipinski definition) is 2. The molecule has 1 aliphatic rings. The van der Waals surface area contributed by atoms with Gasteiger partial charge in [-0.1, -0.05) is 12.1 Å². The molecule has 2 amide bonds. The van der Waals surface area contributed by atoms with Crippen LogP contribution in [0.15, 0.2) is 71.3 Å². The number of para-hydroxylation sites is 1. The van der Waals surface area contributed by atoms with Crippen molar-refractivity contribution in [3.8, 4) is 16.2 Å². The van der Waals surface area contributed by atoms with Crippen molar-refractivity contribution < 1.29 is 31.9 Å². The number of rotatable bonds is 4. The Morgan fingerprint density at radius 3 is 2.53 bits per heavy atom. The van der Waals surface area contributed by atoms with Crippen molar-refractivity contribution in [2.45, 2.75) is 12.8 Å². The average Bonchev–Trinajstić information content (AvgIpc) is 3.50. The highest BCUT2D eigenvalue weighted by Gasteiger charge is 2.35. The summed E-state index contributed by atoms with van der Waals surface area (Å²) in [6.45, 7) is 0.272. The number of furan rings is 1. The topological polar surface area (TPSA) is 80.6 Å². The number of carbonyl (C=O) groups is 2. The molecule has 3 heterocycles. The van der Waals surface area contributed by atoms with E-state index in [9.17, 15) is 22.8 Å². The zero-order valence-corrected chi connectivity index (χ0v) is 18.0. The number of carbonyl (C=O) groups excluding carboxylic acids is 2. The average molecular weight is 484 g/mol. The summed E-state index contributed by atoms with van der Waals surface area (Å²) in [5.41, 5.74) is 0.0259. The normalized spacial score (nSPS) is 12.3. The van der Waals surface area contributed by atoms with E-state index >= 15 is 0 Å². The number of fused-ring (bicyclic) bond motifs is 3. The van der Waals surface area contributed by atoms with Crippen LogP contribution in [-0.2, 0) is 12.8 Å². The molecule has 172 valence electrons. The molecule has 0 unspecified atom stereocenters. The van der Waals surface area contributed by atoms with Gasteiger partial charge in [0.25, 0.3) is 11.8 Å². The molecule has 0 fully saturated rings. The molecule has 0 spiro atoms. The number of anilines is 2. The molecule has 6 nitrogen and oxygen atoms in total. The first-order valence-electron chi connectivity index (χ1n) is 10.0. The summed E-state index contributed by atoms with van der Waals surface area (Å²) in [6, 6.07) is 15.0. The van der Waals surface area contributed by atoms with Crippen molar-refractivity contribution >= 4 is 34.5 Å². The van der Waals surface area contributed by atoms with Crippen LogP contribution in [0.3, 0.4) is 0 Å². The molecule has 10 heteroatoms. The molecule has 2 aromatic carbocycles. The first kappa shape index (κ1) is 21.8. The molecule has 2 aromatic heterocycles. The van der Waals surface area contributed by atoms with Crippen molar-refractivity contribution in [3.05, 3.63) is 88.7 Å². The minimum Gasteiger partial charge on any atom is -0.488 e. The lowest BCUT2D eigenvalue weighted by Crippen LogP contribution is -2.17. The Balaban J connectivity index is 1.40. The molecule has 0 radical (unpaired) electrons. The zero-order valence-electron chi connectivity index (χ0n) is 17.2. The third-order valence-electron chi connectivity index (χ3n) is 5.12. The van der Waals surface area contributed by atoms with Gasteiger partial charge in [-0.05, 0) is 48.5 Å². The second-order valence-electron chi connectivity index (χ2n) is 7.39. The summed E-state index contributed by atoms with van der Waals surface area (Å²) in [7, 11) is 0. The standard InChI is InChI=1S/C24H15F3N2O4S/c25-24(26,27)16-11-14(28-22(30)19-6-3-9-32-19)7-8-17(16)29-23(31)20-10-13-12-33-18-5-2-1-4-15(18)21(13)34-20/h1-11H,12H2,(H,28,30)(H,29,31). The van der Waals surface area contributed by atoms with E-state index in [2.05, 4.69) is 10.6 Å². The summed E-state index contributed by atoms with van der Waals surface area (Å²) in [5, 5.41) is 4.71. The van der Waals surface area contributed by atoms with Gasteiger partial charge in [-0.2, -0.15) is 13.2 Å². The second-order valence-corrected chi connectivity index (χ2v) is 8.45. The van der Waals surface area contributed by atoms with Crippen molar-refractivity contribution in [2.75, 3.05) is 10.6 Å². The molecule has 0 atom stereocenters. The van der Waals surface area contributed by atoms with Gasteiger partial charge in [0.1, 0.15) is 12.4 Å². The Hall–Kier alpha value is -4.05. The quantitative estimate of drug-likeness (QED) is 0.350. The predicted molar refractivity (Wildman–Crippen MR) is 120 cm³/mol. The summed E-state index contributed by atoms with van der Waals surface area (Å²) in [5.74, 6) is -0.718. The third kappa shape index (κ3) is 4.15. The number of hydrogen-bond acceptors (Lipinski definition) is 5. The summed E-state index contributed by atoms with van der Waals surface area (Å²) >= 11 is 1.19. The van der Waals surface area contributed by atoms with E-state index < -0.39 is 29.2 Å². The van der Waals surface area contributed by atoms with Crippen LogP contribution in [-0.4, -0.2) is 11.8 Å². The highest BCUT2D eigenvalue weighted by atomic mass is 32.1. The smallest absolute Gasteiger partial charge is 0.418 e. The maximum absolute atomic E-state index is 13.7. The summed E-state index contributed by atoms with van der Waals surface area (Å²) in [4.78, 5) is 26.1. The molecule has 0 bridgehead atoms. The van der Waals surface area contributed by atoms with E-state index in [1.165, 1.54) is 35.8 Å². The number of benzene rings is 2. The van der Waals surface area contributed by atoms with Gasteiger partial charge in [-0.25, -0.2) is 0 Å². The van der Waals surface area contributed by atoms with Gasteiger partial charge >= 0.3 is 6.18 Å². The van der Waals surface area contributed by atoms with Crippen LogP contribution in [0.5, 0.6) is 5.75 Å². The fraction of sp³-hybridized carbons (Fsp3) is 0.0833. The second kappa shape index (κ2) is 8.38. The number of halogens is 3. The van der Waals surface area contributed by atoms with Crippen molar-refractivity contribution in [1.29, 1.82) is 0 Å². The molecular weight excluding hydrogens is 469 g/mol.